The van der Waals surface area contributed by atoms with E-state index < -0.39 is 0 Å². The van der Waals surface area contributed by atoms with Gasteiger partial charge in [0.15, 0.2) is 0 Å². The lowest BCUT2D eigenvalue weighted by atomic mass is 10.00. The maximum Gasteiger partial charge on any atom is 0.123 e. The first-order valence-electron chi connectivity index (χ1n) is 4.81. The van der Waals surface area contributed by atoms with E-state index in [1.807, 2.05) is 6.07 Å². The second-order valence-corrected chi connectivity index (χ2v) is 3.70. The minimum absolute atomic E-state index is 0.0354. The smallest absolute Gasteiger partial charge is 0.123 e. The van der Waals surface area contributed by atoms with Crippen LogP contribution in [0.4, 0.5) is 4.39 Å². The van der Waals surface area contributed by atoms with Crippen molar-refractivity contribution < 1.29 is 4.39 Å². The molecule has 0 unspecified atom stereocenters. The van der Waals surface area contributed by atoms with Crippen LogP contribution in [-0.4, -0.2) is 0 Å². The molecule has 1 aliphatic carbocycles. The van der Waals surface area contributed by atoms with Crippen LogP contribution in [0, 0.1) is 5.82 Å². The summed E-state index contributed by atoms with van der Waals surface area (Å²) in [5, 5.41) is 0. The van der Waals surface area contributed by atoms with Gasteiger partial charge < -0.3 is 5.73 Å². The van der Waals surface area contributed by atoms with Crippen molar-refractivity contribution in [2.45, 2.75) is 31.7 Å². The highest BCUT2D eigenvalue weighted by atomic mass is 19.1. The third kappa shape index (κ3) is 1.73. The van der Waals surface area contributed by atoms with E-state index in [9.17, 15) is 4.39 Å². The number of rotatable bonds is 0. The number of aryl methyl sites for hydroxylation is 1. The van der Waals surface area contributed by atoms with Gasteiger partial charge >= 0.3 is 0 Å². The van der Waals surface area contributed by atoms with Crippen molar-refractivity contribution in [3.8, 4) is 0 Å². The van der Waals surface area contributed by atoms with Gasteiger partial charge in [0, 0.05) is 6.04 Å². The van der Waals surface area contributed by atoms with Crippen LogP contribution in [0.15, 0.2) is 18.2 Å². The fourth-order valence-electron chi connectivity index (χ4n) is 1.97. The molecule has 0 heterocycles. The van der Waals surface area contributed by atoms with Crippen molar-refractivity contribution in [1.82, 2.24) is 0 Å². The van der Waals surface area contributed by atoms with Gasteiger partial charge in [0.2, 0.25) is 0 Å². The molecule has 1 atom stereocenters. The van der Waals surface area contributed by atoms with Gasteiger partial charge in [0.25, 0.3) is 0 Å². The third-order valence-corrected chi connectivity index (χ3v) is 2.72. The average Bonchev–Trinajstić information content (AvgIpc) is 2.29. The third-order valence-electron chi connectivity index (χ3n) is 2.72. The van der Waals surface area contributed by atoms with Crippen molar-refractivity contribution >= 4 is 0 Å². The molecule has 0 saturated carbocycles. The molecule has 0 aliphatic heterocycles. The summed E-state index contributed by atoms with van der Waals surface area (Å²) in [6.07, 6.45) is 4.35. The molecule has 1 aromatic carbocycles. The van der Waals surface area contributed by atoms with E-state index >= 15 is 0 Å². The lowest BCUT2D eigenvalue weighted by Gasteiger charge is -2.11. The molecule has 0 radical (unpaired) electrons. The summed E-state index contributed by atoms with van der Waals surface area (Å²) in [6.45, 7) is 0. The van der Waals surface area contributed by atoms with E-state index in [0.29, 0.717) is 0 Å². The van der Waals surface area contributed by atoms with E-state index in [2.05, 4.69) is 0 Å². The molecule has 2 rings (SSSR count). The first kappa shape index (κ1) is 8.70. The van der Waals surface area contributed by atoms with Crippen molar-refractivity contribution in [3.63, 3.8) is 0 Å². The van der Waals surface area contributed by atoms with Crippen molar-refractivity contribution in [3.05, 3.63) is 35.1 Å². The predicted octanol–water partition coefficient (Wildman–Crippen LogP) is 2.55. The molecule has 0 saturated heterocycles. The van der Waals surface area contributed by atoms with Crippen LogP contribution in [0.3, 0.4) is 0 Å². The maximum absolute atomic E-state index is 12.9. The van der Waals surface area contributed by atoms with E-state index in [4.69, 9.17) is 5.73 Å². The Morgan fingerprint density at radius 1 is 1.31 bits per heavy atom. The first-order chi connectivity index (χ1) is 6.27. The average molecular weight is 179 g/mol. The van der Waals surface area contributed by atoms with Crippen LogP contribution < -0.4 is 5.73 Å². The summed E-state index contributed by atoms with van der Waals surface area (Å²) in [7, 11) is 0. The second kappa shape index (κ2) is 3.46. The molecule has 1 aliphatic rings. The molecule has 1 aromatic rings. The fraction of sp³-hybridized carbons (Fsp3) is 0.455. The molecular weight excluding hydrogens is 165 g/mol. The molecule has 1 nitrogen and oxygen atoms in total. The Morgan fingerprint density at radius 2 is 2.15 bits per heavy atom. The molecule has 0 fully saturated rings. The Labute approximate surface area is 77.8 Å². The number of fused-ring (bicyclic) bond motifs is 1. The molecule has 0 aromatic heterocycles. The largest absolute Gasteiger partial charge is 0.324 e. The zero-order chi connectivity index (χ0) is 9.26. The monoisotopic (exact) mass is 179 g/mol. The normalized spacial score (nSPS) is 22.2. The topological polar surface area (TPSA) is 26.0 Å². The van der Waals surface area contributed by atoms with Gasteiger partial charge in [-0.2, -0.15) is 0 Å². The summed E-state index contributed by atoms with van der Waals surface area (Å²) in [4.78, 5) is 0. The number of hydrogen-bond donors (Lipinski definition) is 1. The lowest BCUT2D eigenvalue weighted by Crippen LogP contribution is -2.10. The quantitative estimate of drug-likeness (QED) is 0.608. The summed E-state index contributed by atoms with van der Waals surface area (Å²) in [6, 6.07) is 5.02. The molecule has 70 valence electrons. The van der Waals surface area contributed by atoms with Crippen LogP contribution in [0.5, 0.6) is 0 Å². The summed E-state index contributed by atoms with van der Waals surface area (Å²) >= 11 is 0. The van der Waals surface area contributed by atoms with Gasteiger partial charge in [-0.05, 0) is 42.5 Å². The first-order valence-corrected chi connectivity index (χ1v) is 4.81. The van der Waals surface area contributed by atoms with Crippen LogP contribution in [0.2, 0.25) is 0 Å². The Hall–Kier alpha value is -0.890. The highest BCUT2D eigenvalue weighted by molar-refractivity contribution is 5.31. The summed E-state index contributed by atoms with van der Waals surface area (Å²) in [5.74, 6) is -0.170. The standard InChI is InChI=1S/C11H14FN/c12-9-6-5-8-3-1-2-4-11(13)10(8)7-9/h5-7,11H,1-4,13H2/t11-/m0/s1. The van der Waals surface area contributed by atoms with Gasteiger partial charge in [0.1, 0.15) is 5.82 Å². The van der Waals surface area contributed by atoms with Gasteiger partial charge in [-0.15, -0.1) is 0 Å². The summed E-state index contributed by atoms with van der Waals surface area (Å²) in [5.41, 5.74) is 8.19. The second-order valence-electron chi connectivity index (χ2n) is 3.70. The highest BCUT2D eigenvalue weighted by Gasteiger charge is 2.15. The minimum atomic E-state index is -0.170. The van der Waals surface area contributed by atoms with Crippen LogP contribution in [-0.2, 0) is 6.42 Å². The van der Waals surface area contributed by atoms with Crippen molar-refractivity contribution in [1.29, 1.82) is 0 Å². The molecular formula is C11H14FN. The lowest BCUT2D eigenvalue weighted by molar-refractivity contribution is 0.600. The number of hydrogen-bond acceptors (Lipinski definition) is 1. The predicted molar refractivity (Wildman–Crippen MR) is 50.9 cm³/mol. The number of nitrogens with two attached hydrogens (primary N) is 1. The van der Waals surface area contributed by atoms with Crippen molar-refractivity contribution in [2.24, 2.45) is 5.73 Å². The molecule has 2 heteroatoms. The van der Waals surface area contributed by atoms with Crippen LogP contribution in [0.25, 0.3) is 0 Å². The highest BCUT2D eigenvalue weighted by Crippen LogP contribution is 2.27. The van der Waals surface area contributed by atoms with Gasteiger partial charge in [-0.3, -0.25) is 0 Å². The Kier molecular flexibility index (Phi) is 2.32. The van der Waals surface area contributed by atoms with Gasteiger partial charge in [-0.25, -0.2) is 4.39 Å². The molecule has 2 N–H and O–H groups in total. The van der Waals surface area contributed by atoms with Gasteiger partial charge in [0.05, 0.1) is 0 Å². The maximum atomic E-state index is 12.9. The van der Waals surface area contributed by atoms with Crippen LogP contribution in [0.1, 0.15) is 36.4 Å². The Balaban J connectivity index is 2.43. The summed E-state index contributed by atoms with van der Waals surface area (Å²) < 4.78 is 12.9. The van der Waals surface area contributed by atoms with E-state index in [1.54, 1.807) is 6.07 Å². The molecule has 0 amide bonds. The van der Waals surface area contributed by atoms with E-state index in [1.165, 1.54) is 18.1 Å². The van der Waals surface area contributed by atoms with E-state index in [-0.39, 0.29) is 11.9 Å². The minimum Gasteiger partial charge on any atom is -0.324 e. The van der Waals surface area contributed by atoms with Gasteiger partial charge in [-0.1, -0.05) is 12.5 Å². The zero-order valence-electron chi connectivity index (χ0n) is 7.59. The molecule has 0 spiro atoms. The molecule has 13 heavy (non-hydrogen) atoms. The molecule has 0 bridgehead atoms. The number of benzene rings is 1. The van der Waals surface area contributed by atoms with Crippen LogP contribution >= 0.6 is 0 Å². The Bertz CT molecular complexity index is 309. The van der Waals surface area contributed by atoms with Crippen molar-refractivity contribution in [2.75, 3.05) is 0 Å². The SMILES string of the molecule is N[C@H]1CCCCc2ccc(F)cc21. The number of halogens is 1. The van der Waals surface area contributed by atoms with E-state index in [0.717, 1.165) is 24.8 Å². The Morgan fingerprint density at radius 3 is 3.00 bits per heavy atom. The fourth-order valence-corrected chi connectivity index (χ4v) is 1.97. The zero-order valence-corrected chi connectivity index (χ0v) is 7.59.